The number of nitrogens with one attached hydrogen (secondary N) is 13. The fourth-order valence-electron chi connectivity index (χ4n) is 10.1. The van der Waals surface area contributed by atoms with E-state index in [0.29, 0.717) is 73.0 Å². The number of azide groups is 1. The molecule has 12 rings (SSSR count). The van der Waals surface area contributed by atoms with Crippen LogP contribution in [0.2, 0.25) is 0 Å². The Hall–Kier alpha value is -13.4. The second kappa shape index (κ2) is 54.3. The Bertz CT molecular complexity index is 4850. The van der Waals surface area contributed by atoms with Crippen molar-refractivity contribution in [2.75, 3.05) is 65.2 Å². The molecule has 6 aromatic carbocycles. The van der Waals surface area contributed by atoms with Gasteiger partial charge in [0.25, 0.3) is 33.4 Å². The number of hydrogen-bond donors (Lipinski definition) is 15. The number of benzene rings is 6. The number of H-pyrrole nitrogens is 6. The molecule has 117 heavy (non-hydrogen) atoms. The van der Waals surface area contributed by atoms with Crippen molar-refractivity contribution in [3.05, 3.63) is 252 Å². The number of aliphatic hydroxyl groups excluding tert-OH is 1. The minimum Gasteiger partial charge on any atom is -0.397 e. The number of fused-ring (bicyclic) bond motifs is 6. The zero-order valence-corrected chi connectivity index (χ0v) is 70.9. The zero-order chi connectivity index (χ0) is 88.6. The molecular formula is C87H115N17O13. The first-order valence-electron chi connectivity index (χ1n) is 37.8. The van der Waals surface area contributed by atoms with Crippen LogP contribution < -0.4 is 76.3 Å². The molecule has 6 heterocycles. The molecule has 12 aromatic rings. The quantitative estimate of drug-likeness (QED) is 0.0382. The molecule has 0 aliphatic heterocycles. The van der Waals surface area contributed by atoms with Crippen molar-refractivity contribution < 1.29 is 33.9 Å². The van der Waals surface area contributed by atoms with Crippen LogP contribution in [0.5, 0.6) is 0 Å². The molecule has 6 aromatic heterocycles. The van der Waals surface area contributed by atoms with Gasteiger partial charge in [-0.1, -0.05) is 103 Å². The van der Waals surface area contributed by atoms with Gasteiger partial charge in [0.2, 0.25) is 35.4 Å². The summed E-state index contributed by atoms with van der Waals surface area (Å²) < 4.78 is 0. The molecule has 0 aliphatic carbocycles. The van der Waals surface area contributed by atoms with Crippen LogP contribution in [0.25, 0.3) is 75.1 Å². The molecule has 0 fully saturated rings. The van der Waals surface area contributed by atoms with Crippen molar-refractivity contribution in [1.82, 2.24) is 35.2 Å². The van der Waals surface area contributed by atoms with E-state index in [4.69, 9.17) is 16.4 Å². The van der Waals surface area contributed by atoms with Crippen LogP contribution in [0.15, 0.2) is 179 Å². The maximum absolute atomic E-state index is 11.7. The Kier molecular flexibility index (Phi) is 47.2. The highest BCUT2D eigenvalue weighted by Gasteiger charge is 2.09. The normalized spacial score (nSPS) is 9.63. The Balaban J connectivity index is 0.000000668. The Morgan fingerprint density at radius 1 is 0.342 bits per heavy atom. The topological polar surface area (TPSA) is 479 Å². The largest absolute Gasteiger partial charge is 0.397 e. The number of aromatic nitrogens is 6. The van der Waals surface area contributed by atoms with Gasteiger partial charge < -0.3 is 78.0 Å². The summed E-state index contributed by atoms with van der Waals surface area (Å²) in [6, 6.07) is 43.1. The smallest absolute Gasteiger partial charge is 0.256 e. The number of pyridine rings is 6. The van der Waals surface area contributed by atoms with Crippen LogP contribution >= 0.6 is 0 Å². The molecule has 0 saturated heterocycles. The van der Waals surface area contributed by atoms with Crippen LogP contribution in [0.1, 0.15) is 144 Å². The van der Waals surface area contributed by atoms with Crippen LogP contribution in [0.3, 0.4) is 0 Å². The summed E-state index contributed by atoms with van der Waals surface area (Å²) in [5, 5.41) is 38.2. The average Bonchev–Trinajstić information content (AvgIpc) is 0.851. The van der Waals surface area contributed by atoms with Gasteiger partial charge in [-0.3, -0.25) is 57.5 Å². The van der Waals surface area contributed by atoms with E-state index in [0.717, 1.165) is 79.6 Å². The van der Waals surface area contributed by atoms with Gasteiger partial charge in [-0.05, 0) is 216 Å². The predicted octanol–water partition coefficient (Wildman–Crippen LogP) is 15.1. The van der Waals surface area contributed by atoms with Crippen LogP contribution in [-0.4, -0.2) is 104 Å². The summed E-state index contributed by atoms with van der Waals surface area (Å²) in [6.07, 6.45) is 2.50. The highest BCUT2D eigenvalue weighted by Crippen LogP contribution is 2.22. The highest BCUT2D eigenvalue weighted by molar-refractivity contribution is 5.98. The van der Waals surface area contributed by atoms with E-state index in [-0.39, 0.29) is 75.4 Å². The summed E-state index contributed by atoms with van der Waals surface area (Å²) >= 11 is 0. The second-order valence-electron chi connectivity index (χ2n) is 26.0. The number of aryl methyl sites for hydroxylation is 6. The molecule has 0 unspecified atom stereocenters. The number of hydrogen-bond acceptors (Lipinski definition) is 16. The third kappa shape index (κ3) is 38.8. The van der Waals surface area contributed by atoms with Gasteiger partial charge in [-0.25, -0.2) is 0 Å². The maximum atomic E-state index is 11.7. The Morgan fingerprint density at radius 3 is 0.573 bits per heavy atom. The molecule has 0 bridgehead atoms. The average molecular weight is 1610 g/mol. The molecule has 0 aliphatic rings. The molecule has 0 saturated carbocycles. The fraction of sp³-hybridized carbons (Fsp3) is 0.310. The van der Waals surface area contributed by atoms with E-state index < -0.39 is 0 Å². The van der Waals surface area contributed by atoms with Crippen molar-refractivity contribution >= 4 is 134 Å². The van der Waals surface area contributed by atoms with Gasteiger partial charge in [0.1, 0.15) is 0 Å². The van der Waals surface area contributed by atoms with E-state index in [1.807, 2.05) is 128 Å². The lowest BCUT2D eigenvalue weighted by Gasteiger charge is -2.04. The number of carbonyl (C=O) groups excluding carboxylic acids is 6. The van der Waals surface area contributed by atoms with Crippen LogP contribution in [-0.2, 0) is 28.8 Å². The minimum absolute atomic E-state index is 0.137. The molecule has 0 spiro atoms. The first kappa shape index (κ1) is 102. The summed E-state index contributed by atoms with van der Waals surface area (Å²) in [5.74, 6) is -0.901. The number of nitrogens with zero attached hydrogens (tertiary/aromatic N) is 3. The van der Waals surface area contributed by atoms with Gasteiger partial charge in [-0.15, -0.1) is 0 Å². The summed E-state index contributed by atoms with van der Waals surface area (Å²) in [4.78, 5) is 154. The van der Waals surface area contributed by atoms with Gasteiger partial charge in [-0.2, -0.15) is 0 Å². The summed E-state index contributed by atoms with van der Waals surface area (Å²) in [7, 11) is 1.93. The first-order chi connectivity index (χ1) is 55.3. The SMILES string of the molecule is CC(=O)Nc1ccc2cc(C)[nH]c(=O)c2c1.CC(=O)Nc1ccc2cc(C)[nH]c(=O)c2c1.CC(=O)Nc1ccc2cc(C)[nH]c(=O)c2c1.CC(=O)Nc1ccc2cc(C)[nH]c(=O)c2c1.CC(=O)Nc1ccc2cc(C)[nH]c(=O)c2c1.CC(=O)Nc1ccc2cc(C)[nH]c(=O)c2c1.CCC.CCC.CCN.CCN=[N+]=[N-].CCNC.CCO. The molecule has 30 nitrogen and oxygen atoms in total. The minimum atomic E-state index is -0.150. The van der Waals surface area contributed by atoms with E-state index >= 15 is 0 Å². The zero-order valence-electron chi connectivity index (χ0n) is 70.9. The van der Waals surface area contributed by atoms with E-state index in [9.17, 15) is 57.5 Å². The monoisotopic (exact) mass is 1610 g/mol. The molecule has 16 N–H and O–H groups in total. The lowest BCUT2D eigenvalue weighted by molar-refractivity contribution is -0.115. The van der Waals surface area contributed by atoms with Crippen LogP contribution in [0.4, 0.5) is 34.1 Å². The maximum Gasteiger partial charge on any atom is 0.256 e. The van der Waals surface area contributed by atoms with Crippen molar-refractivity contribution in [1.29, 1.82) is 0 Å². The van der Waals surface area contributed by atoms with E-state index in [2.05, 4.69) is 112 Å². The number of aliphatic hydroxyl groups is 1. The summed E-state index contributed by atoms with van der Waals surface area (Å²) in [6.45, 7) is 38.2. The molecule has 6 amide bonds. The predicted molar refractivity (Wildman–Crippen MR) is 480 cm³/mol. The molecule has 30 heteroatoms. The van der Waals surface area contributed by atoms with Crippen molar-refractivity contribution in [2.24, 2.45) is 10.8 Å². The van der Waals surface area contributed by atoms with Gasteiger partial charge in [0.15, 0.2) is 0 Å². The van der Waals surface area contributed by atoms with E-state index in [1.165, 1.54) is 54.4 Å². The first-order valence-corrected chi connectivity index (χ1v) is 37.8. The molecule has 0 radical (unpaired) electrons. The molecule has 0 atom stereocenters. The van der Waals surface area contributed by atoms with Crippen molar-refractivity contribution in [3.63, 3.8) is 0 Å². The van der Waals surface area contributed by atoms with E-state index in [1.54, 1.807) is 86.6 Å². The number of rotatable bonds is 8. The third-order valence-corrected chi connectivity index (χ3v) is 14.4. The highest BCUT2D eigenvalue weighted by atomic mass is 16.2. The number of carbonyl (C=O) groups is 6. The Labute approximate surface area is 679 Å². The van der Waals surface area contributed by atoms with Gasteiger partial charge in [0.05, 0.1) is 0 Å². The lowest BCUT2D eigenvalue weighted by atomic mass is 10.1. The van der Waals surface area contributed by atoms with Gasteiger partial charge in [0, 0.05) is 160 Å². The number of aromatic amines is 6. The molecule has 626 valence electrons. The summed E-state index contributed by atoms with van der Waals surface area (Å²) in [5.41, 5.74) is 20.3. The molecular weight excluding hydrogens is 1490 g/mol. The standard InChI is InChI=1S/6C12H12N2O2.C3H9N.2C3H8.C2H5N3.C2H7N.C2H6O/c6*1-7-5-9-3-4-10(14-8(2)15)6-11(9)12(16)13-7;1-3-4-2;2*1-3-2;1-2-4-5-3;2*1-2-3/h6*3-6H,1-2H3,(H,13,16)(H,14,15);4H,3H2,1-2H3;2*3H2,1-2H3;2H2,1H3;2-3H2,1H3;3H,2H2,1H3. The fourth-order valence-corrected chi connectivity index (χ4v) is 10.1. The van der Waals surface area contributed by atoms with Gasteiger partial charge >= 0.3 is 0 Å². The third-order valence-electron chi connectivity index (χ3n) is 14.4. The lowest BCUT2D eigenvalue weighted by Crippen LogP contribution is -2.09. The number of anilines is 6. The van der Waals surface area contributed by atoms with Crippen molar-refractivity contribution in [3.8, 4) is 0 Å². The number of amides is 6. The number of nitrogens with two attached hydrogens (primary N) is 1. The second-order valence-corrected chi connectivity index (χ2v) is 26.0. The Morgan fingerprint density at radius 2 is 0.479 bits per heavy atom. The van der Waals surface area contributed by atoms with Crippen LogP contribution in [0, 0.1) is 41.5 Å². The van der Waals surface area contributed by atoms with Crippen molar-refractivity contribution in [2.45, 2.75) is 151 Å².